The van der Waals surface area contributed by atoms with Crippen LogP contribution in [0.5, 0.6) is 5.75 Å². The maximum Gasteiger partial charge on any atom is 0.407 e. The summed E-state index contributed by atoms with van der Waals surface area (Å²) in [6.45, 7) is 15.8. The molecule has 0 aromatic carbocycles. The van der Waals surface area contributed by atoms with Crippen molar-refractivity contribution in [2.24, 2.45) is 28.5 Å². The molecule has 4 rings (SSSR count). The van der Waals surface area contributed by atoms with Crippen LogP contribution in [0.2, 0.25) is 0 Å². The third-order valence-electron chi connectivity index (χ3n) is 8.03. The first-order valence-electron chi connectivity index (χ1n) is 16.4. The molecule has 45 heavy (non-hydrogen) atoms. The van der Waals surface area contributed by atoms with Gasteiger partial charge in [-0.15, -0.1) is 0 Å². The summed E-state index contributed by atoms with van der Waals surface area (Å²) in [6.07, 6.45) is 9.61. The fourth-order valence-electron chi connectivity index (χ4n) is 5.32. The maximum absolute atomic E-state index is 12.3. The van der Waals surface area contributed by atoms with Crippen LogP contribution >= 0.6 is 0 Å². The monoisotopic (exact) mass is 630 g/mol. The van der Waals surface area contributed by atoms with Gasteiger partial charge < -0.3 is 35.6 Å². The summed E-state index contributed by atoms with van der Waals surface area (Å²) in [5.74, 6) is 3.13. The van der Waals surface area contributed by atoms with Crippen LogP contribution in [0, 0.1) is 17.8 Å². The molecule has 252 valence electrons. The number of rotatable bonds is 8. The zero-order valence-electron chi connectivity index (χ0n) is 28.0. The minimum Gasteiger partial charge on any atom is -0.490 e. The van der Waals surface area contributed by atoms with Crippen molar-refractivity contribution in [2.75, 3.05) is 44.2 Å². The van der Waals surface area contributed by atoms with Gasteiger partial charge in [0, 0.05) is 45.1 Å². The predicted molar refractivity (Wildman–Crippen MR) is 174 cm³/mol. The molecule has 4 N–H and O–H groups in total. The summed E-state index contributed by atoms with van der Waals surface area (Å²) >= 11 is 0. The number of aromatic nitrogens is 2. The van der Waals surface area contributed by atoms with E-state index >= 15 is 0 Å². The average Bonchev–Trinajstić information content (AvgIpc) is 3.43. The number of carbonyl (C=O) groups is 3. The summed E-state index contributed by atoms with van der Waals surface area (Å²) in [7, 11) is 0. The lowest BCUT2D eigenvalue weighted by Crippen LogP contribution is -2.40. The van der Waals surface area contributed by atoms with E-state index in [-0.39, 0.29) is 23.9 Å². The van der Waals surface area contributed by atoms with Gasteiger partial charge in [0.15, 0.2) is 5.75 Å². The van der Waals surface area contributed by atoms with Gasteiger partial charge in [-0.2, -0.15) is 4.99 Å². The molecule has 3 aliphatic heterocycles. The molecule has 2 atom stereocenters. The molecule has 1 aromatic rings. The first kappa shape index (κ1) is 35.8. The van der Waals surface area contributed by atoms with Gasteiger partial charge in [0.05, 0.1) is 25.0 Å². The highest BCUT2D eigenvalue weighted by molar-refractivity contribution is 5.93. The molecule has 3 saturated heterocycles. The molecular formula is C32H54N8O5. The van der Waals surface area contributed by atoms with Crippen molar-refractivity contribution in [3.05, 3.63) is 12.4 Å². The number of piperidine rings is 2. The molecule has 3 aliphatic rings. The van der Waals surface area contributed by atoms with E-state index < -0.39 is 11.7 Å². The predicted octanol–water partition coefficient (Wildman–Crippen LogP) is 4.12. The first-order valence-corrected chi connectivity index (χ1v) is 16.4. The summed E-state index contributed by atoms with van der Waals surface area (Å²) in [5.41, 5.74) is 5.30. The van der Waals surface area contributed by atoms with E-state index in [1.807, 2.05) is 39.5 Å². The molecule has 0 radical (unpaired) electrons. The van der Waals surface area contributed by atoms with E-state index in [2.05, 4.69) is 32.5 Å². The van der Waals surface area contributed by atoms with Crippen LogP contribution in [-0.4, -0.2) is 89.7 Å². The van der Waals surface area contributed by atoms with E-state index in [4.69, 9.17) is 15.2 Å². The molecule has 4 heterocycles. The number of hydrogen-bond donors (Lipinski definition) is 3. The zero-order valence-corrected chi connectivity index (χ0v) is 28.0. The molecule has 0 aliphatic carbocycles. The van der Waals surface area contributed by atoms with Crippen molar-refractivity contribution >= 4 is 29.8 Å². The molecule has 4 amide bonds. The third-order valence-corrected chi connectivity index (χ3v) is 8.03. The minimum absolute atomic E-state index is 0.00487. The van der Waals surface area contributed by atoms with Gasteiger partial charge in [-0.25, -0.2) is 19.6 Å². The Kier molecular flexibility index (Phi) is 13.7. The van der Waals surface area contributed by atoms with Gasteiger partial charge in [0.2, 0.25) is 11.9 Å². The Morgan fingerprint density at radius 2 is 1.82 bits per heavy atom. The minimum atomic E-state index is -0.517. The van der Waals surface area contributed by atoms with Crippen LogP contribution in [0.25, 0.3) is 0 Å². The van der Waals surface area contributed by atoms with Gasteiger partial charge in [-0.3, -0.25) is 4.79 Å². The van der Waals surface area contributed by atoms with E-state index in [0.29, 0.717) is 42.5 Å². The maximum atomic E-state index is 12.3. The second-order valence-electron chi connectivity index (χ2n) is 13.6. The average molecular weight is 631 g/mol. The molecule has 13 heteroatoms. The topological polar surface area (TPSA) is 164 Å². The third kappa shape index (κ3) is 13.1. The van der Waals surface area contributed by atoms with Crippen molar-refractivity contribution in [1.29, 1.82) is 0 Å². The van der Waals surface area contributed by atoms with Gasteiger partial charge in [0.1, 0.15) is 11.4 Å². The zero-order chi connectivity index (χ0) is 33.0. The number of alkyl carbamates (subject to hydrolysis) is 1. The van der Waals surface area contributed by atoms with Crippen molar-refractivity contribution < 1.29 is 23.9 Å². The second kappa shape index (κ2) is 17.2. The highest BCUT2D eigenvalue weighted by atomic mass is 16.6. The molecule has 1 unspecified atom stereocenters. The summed E-state index contributed by atoms with van der Waals surface area (Å²) in [5, 5.41) is 5.69. The number of ether oxygens (including phenoxy) is 2. The number of nitrogens with one attached hydrogen (secondary N) is 2. The van der Waals surface area contributed by atoms with Crippen LogP contribution in [0.1, 0.15) is 86.5 Å². The fourth-order valence-corrected chi connectivity index (χ4v) is 5.32. The van der Waals surface area contributed by atoms with E-state index in [1.165, 1.54) is 0 Å². The Hall–Kier alpha value is -3.64. The van der Waals surface area contributed by atoms with Crippen LogP contribution in [0.15, 0.2) is 17.4 Å². The number of amides is 4. The smallest absolute Gasteiger partial charge is 0.407 e. The van der Waals surface area contributed by atoms with Crippen LogP contribution in [0.4, 0.5) is 15.5 Å². The summed E-state index contributed by atoms with van der Waals surface area (Å²) in [4.78, 5) is 51.6. The van der Waals surface area contributed by atoms with E-state index in [9.17, 15) is 14.4 Å². The Balaban J connectivity index is 0.000000598. The van der Waals surface area contributed by atoms with Crippen LogP contribution < -0.4 is 26.0 Å². The van der Waals surface area contributed by atoms with Crippen molar-refractivity contribution in [2.45, 2.75) is 98.1 Å². The number of hydrogen-bond acceptors (Lipinski definition) is 8. The summed E-state index contributed by atoms with van der Waals surface area (Å²) in [6, 6.07) is -0.217. The quantitative estimate of drug-likeness (QED) is 0.218. The van der Waals surface area contributed by atoms with E-state index in [1.54, 1.807) is 17.3 Å². The van der Waals surface area contributed by atoms with Gasteiger partial charge in [-0.05, 0) is 71.1 Å². The number of nitrogens with two attached hydrogens (primary N) is 1. The van der Waals surface area contributed by atoms with Crippen molar-refractivity contribution in [3.8, 4) is 5.75 Å². The van der Waals surface area contributed by atoms with Crippen molar-refractivity contribution in [3.63, 3.8) is 0 Å². The number of anilines is 1. The number of aliphatic imine (C=N–C) groups is 1. The van der Waals surface area contributed by atoms with E-state index in [0.717, 1.165) is 71.1 Å². The van der Waals surface area contributed by atoms with Gasteiger partial charge in [-0.1, -0.05) is 20.8 Å². The Labute approximate surface area is 268 Å². The summed E-state index contributed by atoms with van der Waals surface area (Å²) < 4.78 is 11.2. The normalized spacial score (nSPS) is 21.1. The number of carbonyl (C=O) groups excluding carboxylic acids is 3. The molecule has 13 nitrogen and oxygen atoms in total. The second-order valence-corrected chi connectivity index (χ2v) is 13.6. The number of likely N-dealkylation sites (tertiary alicyclic amines) is 1. The lowest BCUT2D eigenvalue weighted by molar-refractivity contribution is -0.123. The first-order chi connectivity index (χ1) is 21.3. The number of amidine groups is 1. The highest BCUT2D eigenvalue weighted by Crippen LogP contribution is 2.23. The van der Waals surface area contributed by atoms with Crippen LogP contribution in [-0.2, 0) is 9.53 Å². The molecule has 3 fully saturated rings. The fraction of sp³-hybridized carbons (Fsp3) is 0.750. The Bertz CT molecular complexity index is 1130. The Morgan fingerprint density at radius 1 is 1.13 bits per heavy atom. The number of urea groups is 1. The van der Waals surface area contributed by atoms with Gasteiger partial charge in [0.25, 0.3) is 0 Å². The molecule has 0 spiro atoms. The highest BCUT2D eigenvalue weighted by Gasteiger charge is 2.28. The van der Waals surface area contributed by atoms with Gasteiger partial charge >= 0.3 is 12.1 Å². The molecule has 0 bridgehead atoms. The van der Waals surface area contributed by atoms with Crippen LogP contribution in [0.3, 0.4) is 0 Å². The Morgan fingerprint density at radius 3 is 2.40 bits per heavy atom. The SMILES string of the molecule is CC(C)/C(N)=N/C(=O)N1CCC(CCCOc2cnc(N3CCC(NC(=O)OC(C)(C)C)C3)nc2)CC1.C[C@@H]1CCNC(=O)C1. The number of nitrogens with zero attached hydrogens (tertiary/aromatic N) is 5. The van der Waals surface area contributed by atoms with Crippen molar-refractivity contribution in [1.82, 2.24) is 25.5 Å². The molecule has 1 aromatic heterocycles. The lowest BCUT2D eigenvalue weighted by atomic mass is 9.92. The largest absolute Gasteiger partial charge is 0.490 e. The molecular weight excluding hydrogens is 576 g/mol. The molecule has 0 saturated carbocycles. The standard InChI is InChI=1S/C26H43N7O4.C6H11NO/c1-18(2)22(27)31-24(34)32-11-8-19(9-12-32)7-6-14-36-21-15-28-23(29-16-21)33-13-10-20(17-33)30-25(35)37-26(3,4)5;1-5-2-3-7-6(8)4-5/h15-16,18-20H,6-14,17H2,1-5H3,(H,30,35)(H2,27,31,34);5H,2-4H2,1H3,(H,7,8)/t;5-/m.1/s1. The lowest BCUT2D eigenvalue weighted by Gasteiger charge is -2.30.